The summed E-state index contributed by atoms with van der Waals surface area (Å²) in [6.45, 7) is 2.33. The van der Waals surface area contributed by atoms with Crippen molar-refractivity contribution in [1.82, 2.24) is 20.1 Å². The summed E-state index contributed by atoms with van der Waals surface area (Å²) in [4.78, 5) is 12.4. The number of hydrogen-bond donors (Lipinski definition) is 2. The molecule has 0 bridgehead atoms. The third-order valence-electron chi connectivity index (χ3n) is 4.38. The molecule has 0 fully saturated rings. The molecule has 4 rings (SSSR count). The van der Waals surface area contributed by atoms with Gasteiger partial charge in [0.1, 0.15) is 22.7 Å². The number of para-hydroxylation sites is 1. The molecule has 126 valence electrons. The molecule has 0 aliphatic carbocycles. The quantitative estimate of drug-likeness (QED) is 0.600. The van der Waals surface area contributed by atoms with Gasteiger partial charge < -0.3 is 14.3 Å². The summed E-state index contributed by atoms with van der Waals surface area (Å²) in [5.41, 5.74) is 3.98. The third-order valence-corrected chi connectivity index (χ3v) is 4.38. The minimum atomic E-state index is -0.215. The lowest BCUT2D eigenvalue weighted by molar-refractivity contribution is 0.0943. The predicted octanol–water partition coefficient (Wildman–Crippen LogP) is 3.40. The standard InChI is InChI=1S/C19H18N4O2/c1-12-13-6-3-4-8-17(13)25-18(12)11-20-19(24)15-10-14(21-22-15)16-7-5-9-23(16)2/h3-10H,11H2,1-2H3,(H,20,24)(H,21,22). The van der Waals surface area contributed by atoms with Crippen molar-refractivity contribution in [2.24, 2.45) is 7.05 Å². The molecule has 0 spiro atoms. The molecule has 2 N–H and O–H groups in total. The maximum Gasteiger partial charge on any atom is 0.269 e. The molecule has 25 heavy (non-hydrogen) atoms. The highest BCUT2D eigenvalue weighted by Crippen LogP contribution is 2.24. The third kappa shape index (κ3) is 2.71. The Morgan fingerprint density at radius 2 is 2.12 bits per heavy atom. The van der Waals surface area contributed by atoms with Crippen molar-refractivity contribution < 1.29 is 9.21 Å². The zero-order valence-corrected chi connectivity index (χ0v) is 14.0. The topological polar surface area (TPSA) is 75.8 Å². The largest absolute Gasteiger partial charge is 0.459 e. The lowest BCUT2D eigenvalue weighted by atomic mass is 10.1. The zero-order valence-electron chi connectivity index (χ0n) is 14.0. The molecule has 0 aliphatic rings. The van der Waals surface area contributed by atoms with Crippen LogP contribution in [0.3, 0.4) is 0 Å². The van der Waals surface area contributed by atoms with E-state index in [0.29, 0.717) is 12.2 Å². The number of aryl methyl sites for hydroxylation is 2. The Balaban J connectivity index is 1.50. The van der Waals surface area contributed by atoms with Crippen LogP contribution in [0.4, 0.5) is 0 Å². The summed E-state index contributed by atoms with van der Waals surface area (Å²) in [5, 5.41) is 11.0. The number of H-pyrrole nitrogens is 1. The summed E-state index contributed by atoms with van der Waals surface area (Å²) in [6.07, 6.45) is 1.94. The van der Waals surface area contributed by atoms with Crippen LogP contribution in [-0.2, 0) is 13.6 Å². The van der Waals surface area contributed by atoms with Crippen LogP contribution in [0.2, 0.25) is 0 Å². The van der Waals surface area contributed by atoms with Crippen molar-refractivity contribution >= 4 is 16.9 Å². The first-order valence-corrected chi connectivity index (χ1v) is 8.06. The SMILES string of the molecule is Cc1c(CNC(=O)c2cc(-c3cccn3C)n[nH]2)oc2ccccc12. The fraction of sp³-hybridized carbons (Fsp3) is 0.158. The first kappa shape index (κ1) is 15.3. The molecule has 6 heteroatoms. The molecule has 0 saturated heterocycles. The van der Waals surface area contributed by atoms with E-state index in [-0.39, 0.29) is 5.91 Å². The second-order valence-electron chi connectivity index (χ2n) is 6.00. The van der Waals surface area contributed by atoms with Gasteiger partial charge in [-0.1, -0.05) is 18.2 Å². The molecule has 0 radical (unpaired) electrons. The highest BCUT2D eigenvalue weighted by atomic mass is 16.3. The van der Waals surface area contributed by atoms with Gasteiger partial charge in [-0.15, -0.1) is 0 Å². The van der Waals surface area contributed by atoms with E-state index in [1.165, 1.54) is 0 Å². The summed E-state index contributed by atoms with van der Waals surface area (Å²) in [5.74, 6) is 0.546. The zero-order chi connectivity index (χ0) is 17.4. The number of aromatic nitrogens is 3. The van der Waals surface area contributed by atoms with Crippen molar-refractivity contribution in [2.45, 2.75) is 13.5 Å². The van der Waals surface area contributed by atoms with E-state index < -0.39 is 0 Å². The van der Waals surface area contributed by atoms with Crippen LogP contribution in [-0.4, -0.2) is 20.7 Å². The van der Waals surface area contributed by atoms with Crippen LogP contribution in [0.25, 0.3) is 22.4 Å². The number of fused-ring (bicyclic) bond motifs is 1. The summed E-state index contributed by atoms with van der Waals surface area (Å²) < 4.78 is 7.78. The first-order valence-electron chi connectivity index (χ1n) is 8.06. The molecule has 1 aromatic carbocycles. The average molecular weight is 334 g/mol. The van der Waals surface area contributed by atoms with Crippen LogP contribution in [0, 0.1) is 6.92 Å². The maximum absolute atomic E-state index is 12.4. The molecular formula is C19H18N4O2. The fourth-order valence-corrected chi connectivity index (χ4v) is 2.95. The molecule has 0 aliphatic heterocycles. The molecule has 0 unspecified atom stereocenters. The van der Waals surface area contributed by atoms with Gasteiger partial charge in [-0.3, -0.25) is 9.89 Å². The highest BCUT2D eigenvalue weighted by Gasteiger charge is 2.15. The Kier molecular flexibility index (Phi) is 3.65. The number of amides is 1. The van der Waals surface area contributed by atoms with Crippen molar-refractivity contribution in [3.63, 3.8) is 0 Å². The number of carbonyl (C=O) groups excluding carboxylic acids is 1. The van der Waals surface area contributed by atoms with Crippen molar-refractivity contribution in [3.8, 4) is 11.4 Å². The molecule has 1 amide bonds. The molecule has 4 aromatic rings. The predicted molar refractivity (Wildman–Crippen MR) is 95.1 cm³/mol. The normalized spacial score (nSPS) is 11.1. The molecule has 3 aromatic heterocycles. The second-order valence-corrected chi connectivity index (χ2v) is 6.00. The second kappa shape index (κ2) is 5.98. The number of nitrogens with one attached hydrogen (secondary N) is 2. The minimum absolute atomic E-state index is 0.215. The Labute approximate surface area is 144 Å². The van der Waals surface area contributed by atoms with Gasteiger partial charge in [0.25, 0.3) is 5.91 Å². The lowest BCUT2D eigenvalue weighted by Gasteiger charge is -2.01. The van der Waals surface area contributed by atoms with Gasteiger partial charge in [0.05, 0.1) is 12.2 Å². The monoisotopic (exact) mass is 334 g/mol. The molecule has 3 heterocycles. The van der Waals surface area contributed by atoms with E-state index in [1.54, 1.807) is 6.07 Å². The van der Waals surface area contributed by atoms with Gasteiger partial charge in [-0.05, 0) is 31.2 Å². The van der Waals surface area contributed by atoms with Crippen LogP contribution in [0.1, 0.15) is 21.8 Å². The smallest absolute Gasteiger partial charge is 0.269 e. The Hall–Kier alpha value is -3.28. The van der Waals surface area contributed by atoms with Gasteiger partial charge in [0, 0.05) is 24.2 Å². The van der Waals surface area contributed by atoms with Crippen LogP contribution in [0.15, 0.2) is 53.1 Å². The van der Waals surface area contributed by atoms with Crippen molar-refractivity contribution in [3.05, 3.63) is 65.7 Å². The Morgan fingerprint density at radius 3 is 2.88 bits per heavy atom. The number of aromatic amines is 1. The Morgan fingerprint density at radius 1 is 1.28 bits per heavy atom. The first-order chi connectivity index (χ1) is 12.1. The number of furan rings is 1. The average Bonchev–Trinajstić information content (AvgIpc) is 3.32. The molecular weight excluding hydrogens is 316 g/mol. The number of nitrogens with zero attached hydrogens (tertiary/aromatic N) is 2. The van der Waals surface area contributed by atoms with Crippen LogP contribution in [0.5, 0.6) is 0 Å². The minimum Gasteiger partial charge on any atom is -0.459 e. The summed E-state index contributed by atoms with van der Waals surface area (Å²) in [7, 11) is 1.94. The van der Waals surface area contributed by atoms with Gasteiger partial charge >= 0.3 is 0 Å². The van der Waals surface area contributed by atoms with E-state index in [1.807, 2.05) is 61.1 Å². The van der Waals surface area contributed by atoms with Gasteiger partial charge in [-0.25, -0.2) is 0 Å². The number of hydrogen-bond acceptors (Lipinski definition) is 3. The highest BCUT2D eigenvalue weighted by molar-refractivity contribution is 5.93. The van der Waals surface area contributed by atoms with E-state index in [0.717, 1.165) is 33.7 Å². The lowest BCUT2D eigenvalue weighted by Crippen LogP contribution is -2.23. The fourth-order valence-electron chi connectivity index (χ4n) is 2.95. The van der Waals surface area contributed by atoms with E-state index in [2.05, 4.69) is 15.5 Å². The van der Waals surface area contributed by atoms with Gasteiger partial charge in [0.15, 0.2) is 0 Å². The Bertz CT molecular complexity index is 1050. The molecule has 0 saturated carbocycles. The van der Waals surface area contributed by atoms with Crippen LogP contribution >= 0.6 is 0 Å². The van der Waals surface area contributed by atoms with Gasteiger partial charge in [-0.2, -0.15) is 5.10 Å². The van der Waals surface area contributed by atoms with Crippen molar-refractivity contribution in [1.29, 1.82) is 0 Å². The van der Waals surface area contributed by atoms with E-state index in [9.17, 15) is 4.79 Å². The molecule has 6 nitrogen and oxygen atoms in total. The van der Waals surface area contributed by atoms with Crippen molar-refractivity contribution in [2.75, 3.05) is 0 Å². The van der Waals surface area contributed by atoms with E-state index in [4.69, 9.17) is 4.42 Å². The molecule has 0 atom stereocenters. The van der Waals surface area contributed by atoms with E-state index >= 15 is 0 Å². The summed E-state index contributed by atoms with van der Waals surface area (Å²) in [6, 6.07) is 13.5. The summed E-state index contributed by atoms with van der Waals surface area (Å²) >= 11 is 0. The number of carbonyl (C=O) groups is 1. The number of rotatable bonds is 4. The number of benzene rings is 1. The van der Waals surface area contributed by atoms with Crippen LogP contribution < -0.4 is 5.32 Å². The maximum atomic E-state index is 12.4. The van der Waals surface area contributed by atoms with Gasteiger partial charge in [0.2, 0.25) is 0 Å².